The molecule has 0 aliphatic rings. The fourth-order valence-corrected chi connectivity index (χ4v) is 1.99. The molecule has 23 heavy (non-hydrogen) atoms. The van der Waals surface area contributed by atoms with Crippen molar-refractivity contribution in [1.29, 1.82) is 0 Å². The molecule has 120 valence electrons. The van der Waals surface area contributed by atoms with Crippen LogP contribution in [0.15, 0.2) is 36.5 Å². The van der Waals surface area contributed by atoms with Gasteiger partial charge >= 0.3 is 5.97 Å². The number of carboxylic acids is 1. The van der Waals surface area contributed by atoms with Crippen molar-refractivity contribution < 1.29 is 23.5 Å². The van der Waals surface area contributed by atoms with Gasteiger partial charge in [0.2, 0.25) is 0 Å². The largest absolute Gasteiger partial charge is 0.480 e. The van der Waals surface area contributed by atoms with Gasteiger partial charge < -0.3 is 10.4 Å². The van der Waals surface area contributed by atoms with E-state index in [2.05, 4.69) is 10.3 Å². The van der Waals surface area contributed by atoms with Crippen LogP contribution in [-0.2, 0) is 11.2 Å². The molecular formula is C15H11ClF2N2O3. The number of benzene rings is 1. The molecule has 1 aromatic carbocycles. The molecule has 0 saturated heterocycles. The van der Waals surface area contributed by atoms with Crippen LogP contribution in [-0.4, -0.2) is 28.0 Å². The summed E-state index contributed by atoms with van der Waals surface area (Å²) in [6.07, 6.45) is 1.29. The number of hydrogen-bond acceptors (Lipinski definition) is 3. The van der Waals surface area contributed by atoms with Crippen molar-refractivity contribution in [1.82, 2.24) is 10.3 Å². The van der Waals surface area contributed by atoms with Crippen molar-refractivity contribution in [2.24, 2.45) is 0 Å². The van der Waals surface area contributed by atoms with E-state index in [1.165, 1.54) is 12.3 Å². The van der Waals surface area contributed by atoms with Gasteiger partial charge in [-0.2, -0.15) is 0 Å². The first-order valence-electron chi connectivity index (χ1n) is 6.46. The molecule has 8 heteroatoms. The van der Waals surface area contributed by atoms with Crippen molar-refractivity contribution in [3.05, 3.63) is 64.4 Å². The average molecular weight is 341 g/mol. The number of carbonyl (C=O) groups excluding carboxylic acids is 1. The van der Waals surface area contributed by atoms with E-state index in [1.54, 1.807) is 6.07 Å². The van der Waals surface area contributed by atoms with Crippen LogP contribution in [0, 0.1) is 11.6 Å². The summed E-state index contributed by atoms with van der Waals surface area (Å²) in [5, 5.41) is 11.6. The molecule has 0 saturated carbocycles. The minimum atomic E-state index is -1.33. The van der Waals surface area contributed by atoms with Crippen LogP contribution < -0.4 is 5.32 Å². The Kier molecular flexibility index (Phi) is 5.23. The standard InChI is InChI=1S/C15H11ClF2N2O3/c16-12-5-4-8(7-19-12)6-11(15(22)23)20-14(21)9-2-1-3-10(17)13(9)18/h1-5,7,11H,6H2,(H,20,21)(H,22,23)/t11-/m1/s1. The van der Waals surface area contributed by atoms with Crippen LogP contribution in [0.1, 0.15) is 15.9 Å². The lowest BCUT2D eigenvalue weighted by atomic mass is 10.1. The zero-order chi connectivity index (χ0) is 17.0. The maximum absolute atomic E-state index is 13.6. The van der Waals surface area contributed by atoms with E-state index in [0.29, 0.717) is 5.56 Å². The van der Waals surface area contributed by atoms with Crippen LogP contribution >= 0.6 is 11.6 Å². The lowest BCUT2D eigenvalue weighted by Crippen LogP contribution is -2.42. The van der Waals surface area contributed by atoms with Crippen molar-refractivity contribution in [3.63, 3.8) is 0 Å². The molecular weight excluding hydrogens is 330 g/mol. The maximum Gasteiger partial charge on any atom is 0.326 e. The number of aliphatic carboxylic acids is 1. The highest BCUT2D eigenvalue weighted by Crippen LogP contribution is 2.12. The molecule has 0 aliphatic carbocycles. The molecule has 1 aromatic heterocycles. The molecule has 0 unspecified atom stereocenters. The molecule has 1 amide bonds. The second-order valence-corrected chi connectivity index (χ2v) is 5.05. The summed E-state index contributed by atoms with van der Waals surface area (Å²) in [7, 11) is 0. The second kappa shape index (κ2) is 7.15. The minimum absolute atomic E-state index is 0.0812. The molecule has 1 heterocycles. The van der Waals surface area contributed by atoms with Crippen LogP contribution in [0.4, 0.5) is 8.78 Å². The SMILES string of the molecule is O=C(N[C@H](Cc1ccc(Cl)nc1)C(=O)O)c1cccc(F)c1F. The number of halogens is 3. The van der Waals surface area contributed by atoms with Crippen LogP contribution in [0.3, 0.4) is 0 Å². The highest BCUT2D eigenvalue weighted by molar-refractivity contribution is 6.29. The molecule has 0 spiro atoms. The summed E-state index contributed by atoms with van der Waals surface area (Å²) < 4.78 is 26.7. The molecule has 0 radical (unpaired) electrons. The predicted molar refractivity (Wildman–Crippen MR) is 78.2 cm³/mol. The van der Waals surface area contributed by atoms with Crippen molar-refractivity contribution in [3.8, 4) is 0 Å². The summed E-state index contributed by atoms with van der Waals surface area (Å²) in [6.45, 7) is 0. The number of carboxylic acid groups (broad SMARTS) is 1. The Balaban J connectivity index is 2.16. The van der Waals surface area contributed by atoms with Gasteiger partial charge in [-0.25, -0.2) is 18.6 Å². The monoisotopic (exact) mass is 340 g/mol. The first kappa shape index (κ1) is 16.8. The Labute approximate surface area is 134 Å². The van der Waals surface area contributed by atoms with Crippen LogP contribution in [0.2, 0.25) is 5.15 Å². The molecule has 0 aliphatic heterocycles. The summed E-state index contributed by atoms with van der Waals surface area (Å²) >= 11 is 5.63. The third kappa shape index (κ3) is 4.23. The average Bonchev–Trinajstić information content (AvgIpc) is 2.51. The summed E-state index contributed by atoms with van der Waals surface area (Å²) in [6, 6.07) is 4.79. The topological polar surface area (TPSA) is 79.3 Å². The van der Waals surface area contributed by atoms with E-state index in [-0.39, 0.29) is 11.6 Å². The summed E-state index contributed by atoms with van der Waals surface area (Å²) in [5.74, 6) is -4.85. The number of aromatic nitrogens is 1. The molecule has 0 fully saturated rings. The Bertz CT molecular complexity index is 738. The number of amides is 1. The Morgan fingerprint density at radius 1 is 1.26 bits per heavy atom. The highest BCUT2D eigenvalue weighted by atomic mass is 35.5. The quantitative estimate of drug-likeness (QED) is 0.819. The highest BCUT2D eigenvalue weighted by Gasteiger charge is 2.23. The van der Waals surface area contributed by atoms with Crippen LogP contribution in [0.5, 0.6) is 0 Å². The fraction of sp³-hybridized carbons (Fsp3) is 0.133. The molecule has 2 N–H and O–H groups in total. The van der Waals surface area contributed by atoms with Crippen molar-refractivity contribution in [2.45, 2.75) is 12.5 Å². The first-order chi connectivity index (χ1) is 10.9. The van der Waals surface area contributed by atoms with Gasteiger partial charge in [-0.05, 0) is 23.8 Å². The van der Waals surface area contributed by atoms with Gasteiger partial charge in [0.1, 0.15) is 11.2 Å². The second-order valence-electron chi connectivity index (χ2n) is 4.66. The van der Waals surface area contributed by atoms with Gasteiger partial charge in [-0.1, -0.05) is 23.7 Å². The lowest BCUT2D eigenvalue weighted by molar-refractivity contribution is -0.139. The number of nitrogens with zero attached hydrogens (tertiary/aromatic N) is 1. The van der Waals surface area contributed by atoms with Crippen molar-refractivity contribution >= 4 is 23.5 Å². The van der Waals surface area contributed by atoms with Gasteiger partial charge in [-0.15, -0.1) is 0 Å². The first-order valence-corrected chi connectivity index (χ1v) is 6.84. The molecule has 1 atom stereocenters. The smallest absolute Gasteiger partial charge is 0.326 e. The molecule has 2 rings (SSSR count). The van der Waals surface area contributed by atoms with Gasteiger partial charge in [0.15, 0.2) is 11.6 Å². The number of carbonyl (C=O) groups is 2. The van der Waals surface area contributed by atoms with E-state index < -0.39 is 35.1 Å². The van der Waals surface area contributed by atoms with Gasteiger partial charge in [0, 0.05) is 12.6 Å². The molecule has 0 bridgehead atoms. The normalized spacial score (nSPS) is 11.8. The third-order valence-corrected chi connectivity index (χ3v) is 3.25. The van der Waals surface area contributed by atoms with Crippen LogP contribution in [0.25, 0.3) is 0 Å². The Morgan fingerprint density at radius 3 is 2.61 bits per heavy atom. The predicted octanol–water partition coefficient (Wildman–Crippen LogP) is 2.44. The van der Waals surface area contributed by atoms with E-state index in [9.17, 15) is 23.5 Å². The fourth-order valence-electron chi connectivity index (χ4n) is 1.88. The van der Waals surface area contributed by atoms with E-state index in [4.69, 9.17) is 11.6 Å². The number of nitrogens with one attached hydrogen (secondary N) is 1. The van der Waals surface area contributed by atoms with E-state index >= 15 is 0 Å². The minimum Gasteiger partial charge on any atom is -0.480 e. The Morgan fingerprint density at radius 2 is 2.00 bits per heavy atom. The summed E-state index contributed by atoms with van der Waals surface area (Å²) in [5.41, 5.74) is -0.0488. The number of hydrogen-bond donors (Lipinski definition) is 2. The zero-order valence-corrected chi connectivity index (χ0v) is 12.3. The maximum atomic E-state index is 13.6. The number of rotatable bonds is 5. The summed E-state index contributed by atoms with van der Waals surface area (Å²) in [4.78, 5) is 27.0. The van der Waals surface area contributed by atoms with Gasteiger partial charge in [0.25, 0.3) is 5.91 Å². The Hall–Kier alpha value is -2.54. The van der Waals surface area contributed by atoms with E-state index in [1.807, 2.05) is 0 Å². The lowest BCUT2D eigenvalue weighted by Gasteiger charge is -2.15. The zero-order valence-electron chi connectivity index (χ0n) is 11.6. The number of pyridine rings is 1. The van der Waals surface area contributed by atoms with Gasteiger partial charge in [-0.3, -0.25) is 4.79 Å². The molecule has 2 aromatic rings. The van der Waals surface area contributed by atoms with Crippen molar-refractivity contribution in [2.75, 3.05) is 0 Å². The third-order valence-electron chi connectivity index (χ3n) is 3.03. The van der Waals surface area contributed by atoms with Gasteiger partial charge in [0.05, 0.1) is 5.56 Å². The molecule has 5 nitrogen and oxygen atoms in total. The van der Waals surface area contributed by atoms with E-state index in [0.717, 1.165) is 18.2 Å².